The van der Waals surface area contributed by atoms with E-state index in [1.54, 1.807) is 20.8 Å². The van der Waals surface area contributed by atoms with Gasteiger partial charge in [-0.25, -0.2) is 0 Å². The summed E-state index contributed by atoms with van der Waals surface area (Å²) in [5, 5.41) is 31.2. The molecule has 3 aliphatic carbocycles. The Labute approximate surface area is 228 Å². The molecule has 6 heteroatoms. The maximum atomic E-state index is 13.5. The van der Waals surface area contributed by atoms with Crippen molar-refractivity contribution in [3.63, 3.8) is 0 Å². The largest absolute Gasteiger partial charge is 0.481 e. The van der Waals surface area contributed by atoms with Gasteiger partial charge in [-0.05, 0) is 90.0 Å². The fourth-order valence-corrected chi connectivity index (χ4v) is 7.95. The summed E-state index contributed by atoms with van der Waals surface area (Å²) in [5.41, 5.74) is 0.0237. The minimum atomic E-state index is -1.19. The third kappa shape index (κ3) is 5.24. The van der Waals surface area contributed by atoms with Crippen LogP contribution in [0.2, 0.25) is 0 Å². The number of Topliss-reactive ketones (excluding diaryl/α,β-unsaturated/α-hetero) is 1. The summed E-state index contributed by atoms with van der Waals surface area (Å²) in [5.74, 6) is -0.882. The first-order valence-electron chi connectivity index (χ1n) is 14.1. The summed E-state index contributed by atoms with van der Waals surface area (Å²) in [4.78, 5) is 25.8. The highest BCUT2D eigenvalue weighted by Crippen LogP contribution is 2.69. The molecule has 3 rings (SSSR count). The number of fused-ring (bicyclic) bond motifs is 3. The third-order valence-electron chi connectivity index (χ3n) is 10.1. The molecule has 3 aliphatic rings. The van der Waals surface area contributed by atoms with Gasteiger partial charge in [-0.2, -0.15) is 0 Å². The molecule has 6 nitrogen and oxygen atoms in total. The molecule has 0 amide bonds. The van der Waals surface area contributed by atoms with E-state index in [0.29, 0.717) is 25.9 Å². The molecule has 0 saturated heterocycles. The van der Waals surface area contributed by atoms with Gasteiger partial charge in [0, 0.05) is 24.0 Å². The minimum absolute atomic E-state index is 0.0586. The van der Waals surface area contributed by atoms with Gasteiger partial charge in [-0.1, -0.05) is 49.8 Å². The Morgan fingerprint density at radius 3 is 2.37 bits per heavy atom. The van der Waals surface area contributed by atoms with E-state index in [4.69, 9.17) is 4.74 Å². The number of carboxylic acids is 1. The smallest absolute Gasteiger partial charge is 0.312 e. The molecular weight excluding hydrogens is 480 g/mol. The summed E-state index contributed by atoms with van der Waals surface area (Å²) >= 11 is 0. The van der Waals surface area contributed by atoms with Gasteiger partial charge in [0.2, 0.25) is 0 Å². The quantitative estimate of drug-likeness (QED) is 0.272. The number of aliphatic carboxylic acids is 1. The zero-order valence-electron chi connectivity index (χ0n) is 24.5. The van der Waals surface area contributed by atoms with Crippen molar-refractivity contribution in [2.75, 3.05) is 6.61 Å². The van der Waals surface area contributed by atoms with Gasteiger partial charge in [-0.3, -0.25) is 9.59 Å². The van der Waals surface area contributed by atoms with Crippen LogP contribution in [0.4, 0.5) is 0 Å². The highest BCUT2D eigenvalue weighted by atomic mass is 16.5. The number of carbonyl (C=O) groups excluding carboxylic acids is 1. The molecule has 0 spiro atoms. The minimum Gasteiger partial charge on any atom is -0.481 e. The number of carboxylic acid groups (broad SMARTS) is 1. The molecule has 0 radical (unpaired) electrons. The maximum absolute atomic E-state index is 13.5. The molecule has 0 heterocycles. The molecule has 0 aromatic carbocycles. The second-order valence-electron chi connectivity index (χ2n) is 13.1. The van der Waals surface area contributed by atoms with Crippen LogP contribution < -0.4 is 0 Å². The second kappa shape index (κ2) is 10.9. The Balaban J connectivity index is 1.87. The monoisotopic (exact) mass is 528 g/mol. The lowest BCUT2D eigenvalue weighted by atomic mass is 9.43. The number of aliphatic hydroxyl groups is 2. The van der Waals surface area contributed by atoms with Gasteiger partial charge in [-0.15, -0.1) is 0 Å². The van der Waals surface area contributed by atoms with Gasteiger partial charge in [0.15, 0.2) is 5.78 Å². The predicted molar refractivity (Wildman–Crippen MR) is 149 cm³/mol. The van der Waals surface area contributed by atoms with Gasteiger partial charge in [0.25, 0.3) is 0 Å². The highest BCUT2D eigenvalue weighted by Gasteiger charge is 2.67. The zero-order valence-corrected chi connectivity index (χ0v) is 24.5. The van der Waals surface area contributed by atoms with Crippen molar-refractivity contribution < 1.29 is 29.6 Å². The molecule has 0 aliphatic heterocycles. The average Bonchev–Trinajstić information content (AvgIpc) is 3.09. The first kappa shape index (κ1) is 30.5. The average molecular weight is 529 g/mol. The fraction of sp³-hybridized carbons (Fsp3) is 0.688. The van der Waals surface area contributed by atoms with Crippen molar-refractivity contribution in [1.82, 2.24) is 0 Å². The molecule has 7 atom stereocenters. The molecule has 0 aromatic heterocycles. The molecule has 3 N–H and O–H groups in total. The van der Waals surface area contributed by atoms with Gasteiger partial charge >= 0.3 is 5.97 Å². The van der Waals surface area contributed by atoms with Crippen molar-refractivity contribution in [2.24, 2.45) is 28.1 Å². The van der Waals surface area contributed by atoms with Gasteiger partial charge in [0.1, 0.15) is 6.10 Å². The van der Waals surface area contributed by atoms with E-state index in [1.165, 1.54) is 0 Å². The second-order valence-corrected chi connectivity index (χ2v) is 13.1. The van der Waals surface area contributed by atoms with Crippen molar-refractivity contribution in [2.45, 2.75) is 105 Å². The lowest BCUT2D eigenvalue weighted by Crippen LogP contribution is -2.61. The topological polar surface area (TPSA) is 104 Å². The van der Waals surface area contributed by atoms with Crippen LogP contribution in [0.5, 0.6) is 0 Å². The molecule has 0 bridgehead atoms. The van der Waals surface area contributed by atoms with Crippen molar-refractivity contribution in [3.05, 3.63) is 47.1 Å². The third-order valence-corrected chi connectivity index (χ3v) is 10.1. The summed E-state index contributed by atoms with van der Waals surface area (Å²) in [7, 11) is 0. The number of aliphatic hydroxyl groups excluding tert-OH is 1. The molecule has 0 aromatic rings. The fourth-order valence-electron chi connectivity index (χ4n) is 7.95. The SMILES string of the molecule is CCOC(/C=C/C(C)=C/C=C/C(C)=C1/C(=O)C[C@H]2[C@@]3(C)CC[C@@H](O)[C@](C)(C(=O)O)[C@@H]3CC[C@]12C)C(C)(C)O. The molecule has 38 heavy (non-hydrogen) atoms. The van der Waals surface area contributed by atoms with Crippen LogP contribution in [0.3, 0.4) is 0 Å². The van der Waals surface area contributed by atoms with E-state index in [-0.39, 0.29) is 28.4 Å². The zero-order chi connectivity index (χ0) is 28.7. The van der Waals surface area contributed by atoms with Crippen LogP contribution in [0.1, 0.15) is 87.5 Å². The Morgan fingerprint density at radius 2 is 1.79 bits per heavy atom. The predicted octanol–water partition coefficient (Wildman–Crippen LogP) is 5.79. The van der Waals surface area contributed by atoms with Crippen molar-refractivity contribution in [3.8, 4) is 0 Å². The summed E-state index contributed by atoms with van der Waals surface area (Å²) < 4.78 is 5.64. The number of hydrogen-bond donors (Lipinski definition) is 3. The van der Waals surface area contributed by atoms with Gasteiger partial charge < -0.3 is 20.1 Å². The van der Waals surface area contributed by atoms with E-state index in [2.05, 4.69) is 13.8 Å². The molecule has 212 valence electrons. The standard InChI is InChI=1S/C32H48O6/c1-9-38-26(29(4,5)37)14-13-20(2)11-10-12-21(3)27-22(33)19-24-30(6)18-16-25(34)32(8,28(35)36)23(30)15-17-31(24,27)7/h10-14,23-26,34,37H,9,15-19H2,1-8H3,(H,35,36)/b12-10+,14-13+,20-11+,27-21-/t23-,24+,25-,26?,30+,31+,32-/m1/s1. The summed E-state index contributed by atoms with van der Waals surface area (Å²) in [6.07, 6.45) is 11.5. The summed E-state index contributed by atoms with van der Waals surface area (Å²) in [6, 6.07) is 0. The highest BCUT2D eigenvalue weighted by molar-refractivity contribution is 6.01. The number of carbonyl (C=O) groups is 2. The van der Waals surface area contributed by atoms with Crippen LogP contribution in [-0.2, 0) is 14.3 Å². The van der Waals surface area contributed by atoms with Crippen LogP contribution >= 0.6 is 0 Å². The summed E-state index contributed by atoms with van der Waals surface area (Å²) in [6.45, 7) is 15.9. The van der Waals surface area contributed by atoms with E-state index in [9.17, 15) is 24.9 Å². The first-order valence-corrected chi connectivity index (χ1v) is 14.1. The Hall–Kier alpha value is -2.02. The van der Waals surface area contributed by atoms with Crippen LogP contribution in [0.25, 0.3) is 0 Å². The number of hydrogen-bond acceptors (Lipinski definition) is 5. The Bertz CT molecular complexity index is 1060. The number of rotatable bonds is 8. The van der Waals surface area contributed by atoms with Crippen LogP contribution in [0.15, 0.2) is 47.1 Å². The van der Waals surface area contributed by atoms with Crippen LogP contribution in [-0.4, -0.2) is 51.5 Å². The van der Waals surface area contributed by atoms with Gasteiger partial charge in [0.05, 0.1) is 17.1 Å². The molecular formula is C32H48O6. The molecule has 3 fully saturated rings. The number of ketones is 1. The maximum Gasteiger partial charge on any atom is 0.312 e. The van der Waals surface area contributed by atoms with E-state index < -0.39 is 29.2 Å². The normalized spacial score (nSPS) is 38.4. The van der Waals surface area contributed by atoms with Crippen molar-refractivity contribution in [1.29, 1.82) is 0 Å². The first-order chi connectivity index (χ1) is 17.5. The number of allylic oxidation sites excluding steroid dienone is 7. The van der Waals surface area contributed by atoms with E-state index >= 15 is 0 Å². The number of ether oxygens (including phenoxy) is 1. The van der Waals surface area contributed by atoms with E-state index in [1.807, 2.05) is 51.2 Å². The molecule has 1 unspecified atom stereocenters. The lowest BCUT2D eigenvalue weighted by Gasteiger charge is -2.61. The lowest BCUT2D eigenvalue weighted by molar-refractivity contribution is -0.194. The molecule has 3 saturated carbocycles. The van der Waals surface area contributed by atoms with Crippen molar-refractivity contribution >= 4 is 11.8 Å². The Morgan fingerprint density at radius 1 is 1.13 bits per heavy atom. The Kier molecular flexibility index (Phi) is 8.72. The van der Waals surface area contributed by atoms with Crippen LogP contribution in [0, 0.1) is 28.1 Å². The van der Waals surface area contributed by atoms with E-state index in [0.717, 1.165) is 29.6 Å².